The van der Waals surface area contributed by atoms with Gasteiger partial charge in [-0.05, 0) is 18.6 Å². The van der Waals surface area contributed by atoms with E-state index in [1.807, 2.05) is 18.2 Å². The first-order chi connectivity index (χ1) is 10.3. The molecule has 0 aromatic heterocycles. The summed E-state index contributed by atoms with van der Waals surface area (Å²) in [7, 11) is 1.71. The van der Waals surface area contributed by atoms with Gasteiger partial charge in [0.2, 0.25) is 0 Å². The van der Waals surface area contributed by atoms with E-state index in [0.29, 0.717) is 13.2 Å². The number of piperazine rings is 1. The minimum atomic E-state index is -0.253. The Morgan fingerprint density at radius 3 is 2.67 bits per heavy atom. The molecule has 0 bridgehead atoms. The van der Waals surface area contributed by atoms with Gasteiger partial charge in [-0.25, -0.2) is 0 Å². The van der Waals surface area contributed by atoms with Crippen LogP contribution in [0.1, 0.15) is 6.42 Å². The summed E-state index contributed by atoms with van der Waals surface area (Å²) < 4.78 is 11.0. The summed E-state index contributed by atoms with van der Waals surface area (Å²) in [6.45, 7) is 5.12. The molecule has 0 radical (unpaired) electrons. The average molecular weight is 292 g/mol. The second kappa shape index (κ2) is 6.64. The highest BCUT2D eigenvalue weighted by molar-refractivity contribution is 5.58. The Hall–Kier alpha value is -1.30. The highest BCUT2D eigenvalue weighted by Gasteiger charge is 2.31. The molecule has 116 valence electrons. The number of hydrogen-bond acceptors (Lipinski definition) is 5. The molecule has 2 unspecified atom stereocenters. The summed E-state index contributed by atoms with van der Waals surface area (Å²) in [4.78, 5) is 4.71. The van der Waals surface area contributed by atoms with Gasteiger partial charge in [0.1, 0.15) is 5.75 Å². The predicted octanol–water partition coefficient (Wildman–Crippen LogP) is 0.967. The molecule has 0 spiro atoms. The van der Waals surface area contributed by atoms with E-state index in [-0.39, 0.29) is 12.1 Å². The van der Waals surface area contributed by atoms with Gasteiger partial charge >= 0.3 is 0 Å². The van der Waals surface area contributed by atoms with E-state index in [4.69, 9.17) is 9.47 Å². The molecule has 0 amide bonds. The molecule has 21 heavy (non-hydrogen) atoms. The van der Waals surface area contributed by atoms with Crippen LogP contribution in [0.3, 0.4) is 0 Å². The molecule has 0 aliphatic carbocycles. The highest BCUT2D eigenvalue weighted by atomic mass is 16.5. The van der Waals surface area contributed by atoms with E-state index < -0.39 is 0 Å². The van der Waals surface area contributed by atoms with Crippen molar-refractivity contribution in [2.75, 3.05) is 51.4 Å². The largest absolute Gasteiger partial charge is 0.495 e. The van der Waals surface area contributed by atoms with Crippen molar-refractivity contribution in [2.45, 2.75) is 18.6 Å². The molecule has 5 heteroatoms. The van der Waals surface area contributed by atoms with Crippen LogP contribution in [0.15, 0.2) is 24.3 Å². The van der Waals surface area contributed by atoms with Crippen LogP contribution in [0.25, 0.3) is 0 Å². The monoisotopic (exact) mass is 292 g/mol. The summed E-state index contributed by atoms with van der Waals surface area (Å²) in [6.07, 6.45) is 0.494. The van der Waals surface area contributed by atoms with Crippen LogP contribution in [0.4, 0.5) is 5.69 Å². The van der Waals surface area contributed by atoms with Crippen LogP contribution in [0.2, 0.25) is 0 Å². The van der Waals surface area contributed by atoms with Gasteiger partial charge in [-0.15, -0.1) is 0 Å². The molecule has 1 aromatic carbocycles. The zero-order valence-electron chi connectivity index (χ0n) is 12.6. The highest BCUT2D eigenvalue weighted by Crippen LogP contribution is 2.29. The Bertz CT molecular complexity index is 461. The fourth-order valence-electron chi connectivity index (χ4n) is 3.25. The van der Waals surface area contributed by atoms with Gasteiger partial charge < -0.3 is 19.5 Å². The Kier molecular flexibility index (Phi) is 4.63. The number of methoxy groups -OCH3 is 1. The van der Waals surface area contributed by atoms with Gasteiger partial charge in [-0.2, -0.15) is 0 Å². The summed E-state index contributed by atoms with van der Waals surface area (Å²) in [5.74, 6) is 0.923. The molecule has 2 saturated heterocycles. The number of benzene rings is 1. The van der Waals surface area contributed by atoms with Crippen LogP contribution in [0, 0.1) is 0 Å². The van der Waals surface area contributed by atoms with E-state index in [0.717, 1.165) is 44.0 Å². The van der Waals surface area contributed by atoms with E-state index in [1.165, 1.54) is 0 Å². The third-order valence-corrected chi connectivity index (χ3v) is 4.50. The molecule has 5 nitrogen and oxygen atoms in total. The Morgan fingerprint density at radius 2 is 1.95 bits per heavy atom. The number of anilines is 1. The van der Waals surface area contributed by atoms with Crippen LogP contribution in [-0.4, -0.2) is 68.7 Å². The number of para-hydroxylation sites is 2. The summed E-state index contributed by atoms with van der Waals surface area (Å²) >= 11 is 0. The Balaban J connectivity index is 1.62. The lowest BCUT2D eigenvalue weighted by Gasteiger charge is -2.43. The van der Waals surface area contributed by atoms with Crippen molar-refractivity contribution in [2.24, 2.45) is 0 Å². The third-order valence-electron chi connectivity index (χ3n) is 4.50. The fourth-order valence-corrected chi connectivity index (χ4v) is 3.25. The van der Waals surface area contributed by atoms with Gasteiger partial charge in [0, 0.05) is 32.8 Å². The Labute approximate surface area is 126 Å². The number of aliphatic hydroxyl groups excluding tert-OH is 1. The van der Waals surface area contributed by atoms with Crippen molar-refractivity contribution in [3.8, 4) is 5.75 Å². The number of rotatable bonds is 3. The van der Waals surface area contributed by atoms with Gasteiger partial charge in [-0.3, -0.25) is 4.90 Å². The molecule has 1 N–H and O–H groups in total. The second-order valence-electron chi connectivity index (χ2n) is 5.69. The first kappa shape index (κ1) is 14.6. The second-order valence-corrected chi connectivity index (χ2v) is 5.69. The molecule has 1 aromatic rings. The summed E-state index contributed by atoms with van der Waals surface area (Å²) in [5, 5.41) is 10.1. The Morgan fingerprint density at radius 1 is 1.19 bits per heavy atom. The summed E-state index contributed by atoms with van der Waals surface area (Å²) in [6, 6.07) is 8.30. The first-order valence-corrected chi connectivity index (χ1v) is 7.67. The van der Waals surface area contributed by atoms with E-state index >= 15 is 0 Å². The molecule has 3 rings (SSSR count). The molecule has 2 heterocycles. The maximum atomic E-state index is 10.1. The standard InChI is InChI=1S/C16H24N2O3/c1-20-16-5-3-2-4-13(16)17-7-9-18(10-8-17)14-12-21-11-6-15(14)19/h2-5,14-15,19H,6-12H2,1H3. The minimum absolute atomic E-state index is 0.151. The molecule has 0 saturated carbocycles. The van der Waals surface area contributed by atoms with Crippen molar-refractivity contribution in [3.63, 3.8) is 0 Å². The average Bonchev–Trinajstić information content (AvgIpc) is 2.55. The van der Waals surface area contributed by atoms with Crippen molar-refractivity contribution < 1.29 is 14.6 Å². The normalized spacial score (nSPS) is 27.6. The number of nitrogens with zero attached hydrogens (tertiary/aromatic N) is 2. The van der Waals surface area contributed by atoms with Gasteiger partial charge in [-0.1, -0.05) is 12.1 Å². The lowest BCUT2D eigenvalue weighted by molar-refractivity contribution is -0.0624. The van der Waals surface area contributed by atoms with E-state index in [2.05, 4.69) is 15.9 Å². The number of hydrogen-bond donors (Lipinski definition) is 1. The molecule has 2 atom stereocenters. The van der Waals surface area contributed by atoms with Crippen molar-refractivity contribution in [3.05, 3.63) is 24.3 Å². The van der Waals surface area contributed by atoms with Crippen molar-refractivity contribution in [1.82, 2.24) is 4.90 Å². The third kappa shape index (κ3) is 3.15. The van der Waals surface area contributed by atoms with Gasteiger partial charge in [0.25, 0.3) is 0 Å². The smallest absolute Gasteiger partial charge is 0.142 e. The van der Waals surface area contributed by atoms with E-state index in [1.54, 1.807) is 7.11 Å². The van der Waals surface area contributed by atoms with E-state index in [9.17, 15) is 5.11 Å². The minimum Gasteiger partial charge on any atom is -0.495 e. The fraction of sp³-hybridized carbons (Fsp3) is 0.625. The maximum Gasteiger partial charge on any atom is 0.142 e. The lowest BCUT2D eigenvalue weighted by Crippen LogP contribution is -2.56. The lowest BCUT2D eigenvalue weighted by atomic mass is 10.0. The zero-order valence-corrected chi connectivity index (χ0v) is 12.6. The quantitative estimate of drug-likeness (QED) is 0.899. The number of aliphatic hydroxyl groups is 1. The van der Waals surface area contributed by atoms with Gasteiger partial charge in [0.15, 0.2) is 0 Å². The zero-order chi connectivity index (χ0) is 14.7. The van der Waals surface area contributed by atoms with Crippen LogP contribution in [-0.2, 0) is 4.74 Å². The first-order valence-electron chi connectivity index (χ1n) is 7.67. The van der Waals surface area contributed by atoms with Crippen molar-refractivity contribution in [1.29, 1.82) is 0 Å². The molecule has 2 fully saturated rings. The predicted molar refractivity (Wildman–Crippen MR) is 82.0 cm³/mol. The van der Waals surface area contributed by atoms with Crippen LogP contribution >= 0.6 is 0 Å². The van der Waals surface area contributed by atoms with Crippen molar-refractivity contribution >= 4 is 5.69 Å². The molecule has 2 aliphatic rings. The van der Waals surface area contributed by atoms with Crippen LogP contribution in [0.5, 0.6) is 5.75 Å². The maximum absolute atomic E-state index is 10.1. The molecular formula is C16H24N2O3. The molecular weight excluding hydrogens is 268 g/mol. The van der Waals surface area contributed by atoms with Gasteiger partial charge in [0.05, 0.1) is 31.5 Å². The summed E-state index contributed by atoms with van der Waals surface area (Å²) in [5.41, 5.74) is 1.15. The van der Waals surface area contributed by atoms with Crippen LogP contribution < -0.4 is 9.64 Å². The topological polar surface area (TPSA) is 45.2 Å². The SMILES string of the molecule is COc1ccccc1N1CCN(C2COCCC2O)CC1. The molecule has 2 aliphatic heterocycles. The number of ether oxygens (including phenoxy) is 2.